The average molecular weight is 312 g/mol. The number of rotatable bonds is 3. The van der Waals surface area contributed by atoms with Crippen LogP contribution in [0, 0.1) is 5.92 Å². The molecule has 120 valence electrons. The fourth-order valence-corrected chi connectivity index (χ4v) is 3.45. The number of piperidine rings is 1. The van der Waals surface area contributed by atoms with Crippen molar-refractivity contribution >= 4 is 5.91 Å². The highest BCUT2D eigenvalue weighted by Crippen LogP contribution is 2.45. The number of hydrogen-bond acceptors (Lipinski definition) is 4. The van der Waals surface area contributed by atoms with E-state index in [0.717, 1.165) is 37.9 Å². The molecule has 2 fully saturated rings. The number of nitrogens with zero attached hydrogens (tertiary/aromatic N) is 4. The predicted octanol–water partition coefficient (Wildman–Crippen LogP) is 1.64. The lowest BCUT2D eigenvalue weighted by Gasteiger charge is -2.35. The van der Waals surface area contributed by atoms with Crippen molar-refractivity contribution in [2.45, 2.75) is 31.3 Å². The van der Waals surface area contributed by atoms with Crippen molar-refractivity contribution in [2.24, 2.45) is 5.92 Å². The number of amides is 1. The summed E-state index contributed by atoms with van der Waals surface area (Å²) in [5.74, 6) is 0.259. The maximum absolute atomic E-state index is 12.8. The van der Waals surface area contributed by atoms with E-state index < -0.39 is 5.60 Å². The topological polar surface area (TPSA) is 71.2 Å². The largest absolute Gasteiger partial charge is 0.390 e. The van der Waals surface area contributed by atoms with Crippen molar-refractivity contribution < 1.29 is 9.90 Å². The molecule has 4 rings (SSSR count). The third-order valence-corrected chi connectivity index (χ3v) is 5.04. The molecule has 1 unspecified atom stereocenters. The van der Waals surface area contributed by atoms with Crippen LogP contribution < -0.4 is 0 Å². The molecule has 2 aromatic rings. The van der Waals surface area contributed by atoms with Gasteiger partial charge in [0.05, 0.1) is 5.60 Å². The van der Waals surface area contributed by atoms with Gasteiger partial charge in [-0.25, -0.2) is 0 Å². The monoisotopic (exact) mass is 312 g/mol. The molecule has 1 amide bonds. The van der Waals surface area contributed by atoms with Crippen LogP contribution in [0.15, 0.2) is 36.9 Å². The first-order chi connectivity index (χ1) is 11.2. The first kappa shape index (κ1) is 14.4. The average Bonchev–Trinajstić information content (AvgIpc) is 3.13. The van der Waals surface area contributed by atoms with E-state index in [1.54, 1.807) is 17.2 Å². The molecule has 2 heterocycles. The Balaban J connectivity index is 1.53. The molecule has 6 nitrogen and oxygen atoms in total. The number of carbonyl (C=O) groups excluding carboxylic acids is 1. The van der Waals surface area contributed by atoms with Crippen LogP contribution in [0.4, 0.5) is 0 Å². The maximum atomic E-state index is 12.8. The molecule has 1 aliphatic heterocycles. The third kappa shape index (κ3) is 2.74. The normalized spacial score (nSPS) is 22.8. The van der Waals surface area contributed by atoms with E-state index in [1.807, 2.05) is 29.2 Å². The molecule has 0 bridgehead atoms. The van der Waals surface area contributed by atoms with E-state index in [9.17, 15) is 9.90 Å². The fourth-order valence-electron chi connectivity index (χ4n) is 3.45. The zero-order valence-electron chi connectivity index (χ0n) is 12.9. The van der Waals surface area contributed by atoms with Crippen molar-refractivity contribution in [1.29, 1.82) is 0 Å². The summed E-state index contributed by atoms with van der Waals surface area (Å²) < 4.78 is 1.78. The smallest absolute Gasteiger partial charge is 0.253 e. The molecule has 1 aromatic heterocycles. The first-order valence-corrected chi connectivity index (χ1v) is 8.12. The summed E-state index contributed by atoms with van der Waals surface area (Å²) in [7, 11) is 0. The quantitative estimate of drug-likeness (QED) is 0.935. The van der Waals surface area contributed by atoms with E-state index >= 15 is 0 Å². The second-order valence-electron chi connectivity index (χ2n) is 6.61. The van der Waals surface area contributed by atoms with Gasteiger partial charge in [0.1, 0.15) is 12.7 Å². The molecular weight excluding hydrogens is 292 g/mol. The minimum Gasteiger partial charge on any atom is -0.390 e. The molecule has 1 saturated heterocycles. The first-order valence-electron chi connectivity index (χ1n) is 8.12. The second kappa shape index (κ2) is 5.45. The number of benzene rings is 1. The Morgan fingerprint density at radius 2 is 2.04 bits per heavy atom. The summed E-state index contributed by atoms with van der Waals surface area (Å²) in [6.07, 6.45) is 6.96. The summed E-state index contributed by atoms with van der Waals surface area (Å²) in [6.45, 7) is 1.43. The van der Waals surface area contributed by atoms with Gasteiger partial charge in [0.15, 0.2) is 0 Å². The van der Waals surface area contributed by atoms with Crippen LogP contribution in [0.3, 0.4) is 0 Å². The standard InChI is InChI=1S/C17H20N4O2/c22-16(20-8-2-4-14(10-20)17(23)6-7-17)13-3-1-5-15(9-13)21-11-18-19-12-21/h1,3,5,9,11-12,14,23H,2,4,6-8,10H2. The van der Waals surface area contributed by atoms with Gasteiger partial charge in [-0.05, 0) is 43.9 Å². The Morgan fingerprint density at radius 3 is 2.78 bits per heavy atom. The second-order valence-corrected chi connectivity index (χ2v) is 6.61. The Kier molecular flexibility index (Phi) is 3.41. The van der Waals surface area contributed by atoms with Gasteiger partial charge in [-0.15, -0.1) is 10.2 Å². The number of carbonyl (C=O) groups is 1. The molecule has 23 heavy (non-hydrogen) atoms. The molecule has 1 atom stereocenters. The summed E-state index contributed by atoms with van der Waals surface area (Å²) >= 11 is 0. The van der Waals surface area contributed by atoms with Crippen LogP contribution in [0.2, 0.25) is 0 Å². The fraction of sp³-hybridized carbons (Fsp3) is 0.471. The van der Waals surface area contributed by atoms with Crippen LogP contribution in [-0.4, -0.2) is 49.4 Å². The highest BCUT2D eigenvalue weighted by atomic mass is 16.3. The van der Waals surface area contributed by atoms with Crippen molar-refractivity contribution in [1.82, 2.24) is 19.7 Å². The zero-order valence-corrected chi connectivity index (χ0v) is 12.9. The van der Waals surface area contributed by atoms with Crippen LogP contribution >= 0.6 is 0 Å². The molecule has 1 N–H and O–H groups in total. The molecule has 0 spiro atoms. The van der Waals surface area contributed by atoms with Gasteiger partial charge in [0, 0.05) is 30.3 Å². The minimum absolute atomic E-state index is 0.0360. The lowest BCUT2D eigenvalue weighted by molar-refractivity contribution is 0.0282. The van der Waals surface area contributed by atoms with E-state index in [-0.39, 0.29) is 11.8 Å². The van der Waals surface area contributed by atoms with E-state index in [2.05, 4.69) is 10.2 Å². The predicted molar refractivity (Wildman–Crippen MR) is 84.2 cm³/mol. The van der Waals surface area contributed by atoms with Crippen molar-refractivity contribution in [3.8, 4) is 5.69 Å². The molecule has 1 saturated carbocycles. The van der Waals surface area contributed by atoms with Gasteiger partial charge in [-0.1, -0.05) is 6.07 Å². The van der Waals surface area contributed by atoms with Gasteiger partial charge in [0.25, 0.3) is 5.91 Å². The Morgan fingerprint density at radius 1 is 1.26 bits per heavy atom. The Hall–Kier alpha value is -2.21. The van der Waals surface area contributed by atoms with Crippen molar-refractivity contribution in [3.05, 3.63) is 42.5 Å². The van der Waals surface area contributed by atoms with Gasteiger partial charge in [0.2, 0.25) is 0 Å². The SMILES string of the molecule is O=C(c1cccc(-n2cnnc2)c1)N1CCCC(C2(O)CC2)C1. The van der Waals surface area contributed by atoms with Gasteiger partial charge in [-0.3, -0.25) is 9.36 Å². The van der Waals surface area contributed by atoms with Crippen LogP contribution in [0.25, 0.3) is 5.69 Å². The van der Waals surface area contributed by atoms with Gasteiger partial charge in [-0.2, -0.15) is 0 Å². The van der Waals surface area contributed by atoms with Gasteiger partial charge < -0.3 is 10.0 Å². The molecule has 2 aliphatic rings. The lowest BCUT2D eigenvalue weighted by Crippen LogP contribution is -2.44. The van der Waals surface area contributed by atoms with E-state index in [0.29, 0.717) is 12.1 Å². The summed E-state index contributed by atoms with van der Waals surface area (Å²) in [4.78, 5) is 14.7. The Labute approximate surface area is 134 Å². The van der Waals surface area contributed by atoms with Crippen LogP contribution in [-0.2, 0) is 0 Å². The molecule has 1 aromatic carbocycles. The molecule has 6 heteroatoms. The molecular formula is C17H20N4O2. The third-order valence-electron chi connectivity index (χ3n) is 5.04. The molecule has 1 aliphatic carbocycles. The summed E-state index contributed by atoms with van der Waals surface area (Å²) in [5.41, 5.74) is 1.03. The Bertz CT molecular complexity index is 709. The highest BCUT2D eigenvalue weighted by molar-refractivity contribution is 5.94. The lowest BCUT2D eigenvalue weighted by atomic mass is 9.90. The zero-order chi connectivity index (χ0) is 15.9. The number of likely N-dealkylation sites (tertiary alicyclic amines) is 1. The summed E-state index contributed by atoms with van der Waals surface area (Å²) in [5, 5.41) is 17.9. The number of aliphatic hydroxyl groups is 1. The van der Waals surface area contributed by atoms with Crippen LogP contribution in [0.5, 0.6) is 0 Å². The maximum Gasteiger partial charge on any atom is 0.253 e. The van der Waals surface area contributed by atoms with Crippen molar-refractivity contribution in [3.63, 3.8) is 0 Å². The number of aromatic nitrogens is 3. The van der Waals surface area contributed by atoms with Gasteiger partial charge >= 0.3 is 0 Å². The number of hydrogen-bond donors (Lipinski definition) is 1. The van der Waals surface area contributed by atoms with E-state index in [1.165, 1.54) is 0 Å². The molecule has 0 radical (unpaired) electrons. The summed E-state index contributed by atoms with van der Waals surface area (Å²) in [6, 6.07) is 7.50. The minimum atomic E-state index is -0.511. The van der Waals surface area contributed by atoms with Crippen molar-refractivity contribution in [2.75, 3.05) is 13.1 Å². The van der Waals surface area contributed by atoms with E-state index in [4.69, 9.17) is 0 Å². The van der Waals surface area contributed by atoms with Crippen LogP contribution in [0.1, 0.15) is 36.0 Å². The highest BCUT2D eigenvalue weighted by Gasteiger charge is 2.49.